The third-order valence-corrected chi connectivity index (χ3v) is 4.94. The van der Waals surface area contributed by atoms with Crippen molar-refractivity contribution in [2.45, 2.75) is 34.1 Å². The molecule has 5 heteroatoms. The van der Waals surface area contributed by atoms with Gasteiger partial charge in [-0.3, -0.25) is 0 Å². The van der Waals surface area contributed by atoms with Crippen molar-refractivity contribution in [1.29, 1.82) is 0 Å². The number of aromatic nitrogens is 2. The van der Waals surface area contributed by atoms with Crippen LogP contribution >= 0.6 is 0 Å². The molecule has 0 N–H and O–H groups in total. The van der Waals surface area contributed by atoms with Gasteiger partial charge in [0.2, 0.25) is 5.88 Å². The number of nitrogens with zero attached hydrogens (tertiary/aromatic N) is 2. The second-order valence-corrected chi connectivity index (χ2v) is 7.38. The van der Waals surface area contributed by atoms with Gasteiger partial charge in [0.05, 0.1) is 23.7 Å². The normalized spacial score (nSPS) is 11.2. The van der Waals surface area contributed by atoms with Gasteiger partial charge in [-0.15, -0.1) is 0 Å². The minimum absolute atomic E-state index is 0.563. The lowest BCUT2D eigenvalue weighted by Crippen LogP contribution is -1.98. The van der Waals surface area contributed by atoms with Crippen LogP contribution in [0, 0.1) is 19.8 Å². The summed E-state index contributed by atoms with van der Waals surface area (Å²) in [6, 6.07) is 17.9. The number of rotatable bonds is 7. The molecule has 0 unspecified atom stereocenters. The highest BCUT2D eigenvalue weighted by Crippen LogP contribution is 2.30. The van der Waals surface area contributed by atoms with Crippen molar-refractivity contribution in [3.8, 4) is 17.4 Å². The molecule has 0 spiro atoms. The molecule has 1 radical (unpaired) electrons. The quantitative estimate of drug-likeness (QED) is 0.358. The highest BCUT2D eigenvalue weighted by atomic mass is 16.5. The van der Waals surface area contributed by atoms with Crippen molar-refractivity contribution >= 4 is 10.9 Å². The van der Waals surface area contributed by atoms with Crippen molar-refractivity contribution in [3.63, 3.8) is 0 Å². The van der Waals surface area contributed by atoms with Gasteiger partial charge in [0.1, 0.15) is 17.3 Å². The first kappa shape index (κ1) is 20.0. The molecule has 0 atom stereocenters. The van der Waals surface area contributed by atoms with Crippen LogP contribution < -0.4 is 9.47 Å². The van der Waals surface area contributed by atoms with E-state index < -0.39 is 0 Å². The van der Waals surface area contributed by atoms with Crippen LogP contribution in [0.3, 0.4) is 0 Å². The van der Waals surface area contributed by atoms with E-state index in [2.05, 4.69) is 23.1 Å². The molecule has 0 bridgehead atoms. The molecular formula is C25H25N2O3. The van der Waals surface area contributed by atoms with Crippen LogP contribution in [0.5, 0.6) is 17.4 Å². The Bertz CT molecular complexity index is 1170. The average molecular weight is 401 g/mol. The third-order valence-electron chi connectivity index (χ3n) is 4.94. The molecule has 0 aliphatic carbocycles. The van der Waals surface area contributed by atoms with Gasteiger partial charge < -0.3 is 14.0 Å². The molecule has 2 heterocycles. The molecule has 0 aliphatic heterocycles. The maximum atomic E-state index is 6.03. The van der Waals surface area contributed by atoms with E-state index >= 15 is 0 Å². The monoisotopic (exact) mass is 401 g/mol. The molecule has 2 aromatic carbocycles. The fourth-order valence-corrected chi connectivity index (χ4v) is 3.25. The maximum Gasteiger partial charge on any atom is 0.219 e. The average Bonchev–Trinajstić information content (AvgIpc) is 3.19. The summed E-state index contributed by atoms with van der Waals surface area (Å²) in [5.74, 6) is 4.06. The molecule has 5 nitrogen and oxygen atoms in total. The zero-order chi connectivity index (χ0) is 21.1. The van der Waals surface area contributed by atoms with Crippen molar-refractivity contribution in [1.82, 2.24) is 10.1 Å². The summed E-state index contributed by atoms with van der Waals surface area (Å²) in [6.07, 6.45) is 0.982. The zero-order valence-corrected chi connectivity index (χ0v) is 17.7. The molecule has 4 rings (SSSR count). The first-order valence-corrected chi connectivity index (χ1v) is 10.1. The van der Waals surface area contributed by atoms with Crippen LogP contribution in [0.4, 0.5) is 0 Å². The fourth-order valence-electron chi connectivity index (χ4n) is 3.25. The largest absolute Gasteiger partial charge is 0.494 e. The van der Waals surface area contributed by atoms with Crippen molar-refractivity contribution in [2.75, 3.05) is 6.61 Å². The summed E-state index contributed by atoms with van der Waals surface area (Å²) in [5.41, 5.74) is 3.82. The third kappa shape index (κ3) is 4.30. The van der Waals surface area contributed by atoms with Gasteiger partial charge in [0.25, 0.3) is 0 Å². The number of benzene rings is 2. The standard InChI is InChI=1S/C25H25N2O3/c1-5-12-28-21-8-10-24(16(2)13-21)29-25-11-7-20-15-19(6-9-22(20)26-25)18(4)23-14-17(3)30-27-23/h6-11,13-15H,5,12H2,1-4H3. The predicted octanol–water partition coefficient (Wildman–Crippen LogP) is 6.41. The molecular weight excluding hydrogens is 376 g/mol. The molecule has 0 amide bonds. The molecule has 0 fully saturated rings. The number of fused-ring (bicyclic) bond motifs is 1. The molecule has 0 saturated carbocycles. The van der Waals surface area contributed by atoms with Gasteiger partial charge in [0, 0.05) is 17.5 Å². The predicted molar refractivity (Wildman–Crippen MR) is 117 cm³/mol. The van der Waals surface area contributed by atoms with Crippen LogP contribution in [-0.2, 0) is 0 Å². The van der Waals surface area contributed by atoms with Crippen LogP contribution in [0.1, 0.15) is 42.8 Å². The SMILES string of the molecule is CCCOc1ccc(Oc2ccc3cc([C](C)c4cc(C)on4)ccc3n2)c(C)c1. The van der Waals surface area contributed by atoms with Gasteiger partial charge >= 0.3 is 0 Å². The Labute approximate surface area is 176 Å². The van der Waals surface area contributed by atoms with E-state index in [1.807, 2.05) is 69.3 Å². The van der Waals surface area contributed by atoms with Gasteiger partial charge in [-0.2, -0.15) is 0 Å². The van der Waals surface area contributed by atoms with Gasteiger partial charge in [-0.05, 0) is 74.7 Å². The Balaban J connectivity index is 1.54. The van der Waals surface area contributed by atoms with Gasteiger partial charge in [0.15, 0.2) is 0 Å². The van der Waals surface area contributed by atoms with Crippen molar-refractivity contribution < 1.29 is 14.0 Å². The second-order valence-electron chi connectivity index (χ2n) is 7.38. The molecule has 153 valence electrons. The highest BCUT2D eigenvalue weighted by Gasteiger charge is 2.14. The van der Waals surface area contributed by atoms with Gasteiger partial charge in [-0.1, -0.05) is 18.1 Å². The lowest BCUT2D eigenvalue weighted by atomic mass is 9.96. The van der Waals surface area contributed by atoms with E-state index in [1.165, 1.54) is 0 Å². The van der Waals surface area contributed by atoms with Crippen LogP contribution in [-0.4, -0.2) is 16.7 Å². The first-order chi connectivity index (χ1) is 14.5. The van der Waals surface area contributed by atoms with Gasteiger partial charge in [-0.25, -0.2) is 4.98 Å². The first-order valence-electron chi connectivity index (χ1n) is 10.1. The van der Waals surface area contributed by atoms with Crippen LogP contribution in [0.15, 0.2) is 59.1 Å². The Morgan fingerprint density at radius 2 is 1.87 bits per heavy atom. The number of hydrogen-bond acceptors (Lipinski definition) is 5. The Kier molecular flexibility index (Phi) is 5.70. The Morgan fingerprint density at radius 1 is 1.00 bits per heavy atom. The molecule has 30 heavy (non-hydrogen) atoms. The number of ether oxygens (including phenoxy) is 2. The fraction of sp³-hybridized carbons (Fsp3) is 0.240. The molecule has 0 aliphatic rings. The summed E-state index contributed by atoms with van der Waals surface area (Å²) in [7, 11) is 0. The smallest absolute Gasteiger partial charge is 0.219 e. The zero-order valence-electron chi connectivity index (χ0n) is 17.7. The lowest BCUT2D eigenvalue weighted by molar-refractivity contribution is 0.316. The second kappa shape index (κ2) is 8.57. The van der Waals surface area contributed by atoms with E-state index in [1.54, 1.807) is 0 Å². The van der Waals surface area contributed by atoms with E-state index in [0.717, 1.165) is 57.3 Å². The van der Waals surface area contributed by atoms with Crippen molar-refractivity contribution in [2.24, 2.45) is 0 Å². The summed E-state index contributed by atoms with van der Waals surface area (Å²) in [4.78, 5) is 4.66. The Morgan fingerprint density at radius 3 is 2.60 bits per heavy atom. The van der Waals surface area contributed by atoms with Crippen LogP contribution in [0.2, 0.25) is 0 Å². The molecule has 4 aromatic rings. The molecule has 2 aromatic heterocycles. The van der Waals surface area contributed by atoms with Crippen LogP contribution in [0.25, 0.3) is 10.9 Å². The van der Waals surface area contributed by atoms with E-state index in [9.17, 15) is 0 Å². The molecule has 0 saturated heterocycles. The lowest BCUT2D eigenvalue weighted by Gasteiger charge is -2.12. The number of hydrogen-bond donors (Lipinski definition) is 0. The number of aryl methyl sites for hydroxylation is 2. The summed E-state index contributed by atoms with van der Waals surface area (Å²) in [5, 5.41) is 5.15. The minimum atomic E-state index is 0.563. The summed E-state index contributed by atoms with van der Waals surface area (Å²) in [6.45, 7) is 8.74. The highest BCUT2D eigenvalue weighted by molar-refractivity contribution is 5.80. The van der Waals surface area contributed by atoms with E-state index in [0.29, 0.717) is 12.5 Å². The topological polar surface area (TPSA) is 57.4 Å². The maximum absolute atomic E-state index is 6.03. The summed E-state index contributed by atoms with van der Waals surface area (Å²) < 4.78 is 16.9. The van der Waals surface area contributed by atoms with Crippen molar-refractivity contribution in [3.05, 3.63) is 83.1 Å². The minimum Gasteiger partial charge on any atom is -0.494 e. The summed E-state index contributed by atoms with van der Waals surface area (Å²) >= 11 is 0. The Hall–Kier alpha value is -3.34. The van der Waals surface area contributed by atoms with E-state index in [4.69, 9.17) is 14.0 Å². The number of pyridine rings is 1. The van der Waals surface area contributed by atoms with E-state index in [-0.39, 0.29) is 0 Å².